The first kappa shape index (κ1) is 24.4. The average Bonchev–Trinajstić information content (AvgIpc) is 2.82. The van der Waals surface area contributed by atoms with Gasteiger partial charge in [-0.1, -0.05) is 0 Å². The Morgan fingerprint density at radius 3 is 2.19 bits per heavy atom. The number of hydrogen-bond acceptors (Lipinski definition) is 0. The summed E-state index contributed by atoms with van der Waals surface area (Å²) in [7, 11) is 0. The van der Waals surface area contributed by atoms with Crippen molar-refractivity contribution in [1.82, 2.24) is 0 Å². The van der Waals surface area contributed by atoms with Gasteiger partial charge in [-0.05, 0) is 0 Å². The van der Waals surface area contributed by atoms with Crippen LogP contribution in [0.2, 0.25) is 16.7 Å². The van der Waals surface area contributed by atoms with Gasteiger partial charge >= 0.3 is 162 Å². The molecule has 4 heteroatoms. The van der Waals surface area contributed by atoms with E-state index in [-0.39, 0.29) is 58.5 Å². The van der Waals surface area contributed by atoms with Crippen LogP contribution >= 0.6 is 0 Å². The fraction of sp³-hybridized carbons (Fsp3) is 0.545. The topological polar surface area (TPSA) is 0 Å². The first-order valence-corrected chi connectivity index (χ1v) is 18.1. The minimum atomic E-state index is -0.344. The summed E-state index contributed by atoms with van der Waals surface area (Å²) in [4.78, 5) is 0. The van der Waals surface area contributed by atoms with E-state index in [0.29, 0.717) is 5.92 Å². The van der Waals surface area contributed by atoms with Gasteiger partial charge in [0, 0.05) is 0 Å². The van der Waals surface area contributed by atoms with Crippen LogP contribution in [0.25, 0.3) is 0 Å². The SMILES string of the molecule is CC1CC2C(=CC=CC2c2ccc(C(C)(C)C)cc2)[CH]1[Zr+2][SiH](C)C.[Cl-].[Cl-]. The van der Waals surface area contributed by atoms with E-state index >= 15 is 0 Å². The van der Waals surface area contributed by atoms with Crippen LogP contribution in [-0.4, -0.2) is 5.92 Å². The maximum Gasteiger partial charge on any atom is -1.00 e. The largest absolute Gasteiger partial charge is 1.00 e. The molecule has 2 aliphatic carbocycles. The maximum absolute atomic E-state index is 2.58. The molecule has 1 aromatic carbocycles. The van der Waals surface area contributed by atoms with Crippen molar-refractivity contribution in [1.29, 1.82) is 0 Å². The molecule has 2 aliphatic rings. The van der Waals surface area contributed by atoms with Gasteiger partial charge in [-0.25, -0.2) is 0 Å². The fourth-order valence-corrected chi connectivity index (χ4v) is 15.9. The molecule has 0 amide bonds. The number of benzene rings is 1. The van der Waals surface area contributed by atoms with Crippen LogP contribution in [0.4, 0.5) is 0 Å². The summed E-state index contributed by atoms with van der Waals surface area (Å²) < 4.78 is 1.02. The average molecular weight is 487 g/mol. The molecule has 0 aromatic heterocycles. The van der Waals surface area contributed by atoms with Crippen molar-refractivity contribution in [3.8, 4) is 0 Å². The minimum absolute atomic E-state index is 0. The Morgan fingerprint density at radius 1 is 1.04 bits per heavy atom. The van der Waals surface area contributed by atoms with E-state index in [1.165, 1.54) is 17.5 Å². The standard InChI is InChI=1S/C20H25.C2H7Si.2ClH.Zr/c1-14-12-16-6-5-7-18(19(16)13-14)15-8-10-17(11-9-15)20(2,3)4;1-3-2;;;/h5-12,14,18-19H,13H2,1-4H3;3H,1-2H3;2*1H;/q;;;;+2/p-2. The Morgan fingerprint density at radius 2 is 1.65 bits per heavy atom. The number of hydrogen-bond donors (Lipinski definition) is 0. The molecule has 1 fully saturated rings. The van der Waals surface area contributed by atoms with Gasteiger partial charge < -0.3 is 24.8 Å². The predicted octanol–water partition coefficient (Wildman–Crippen LogP) is 0.0823. The van der Waals surface area contributed by atoms with Crippen molar-refractivity contribution >= 4 is 5.92 Å². The quantitative estimate of drug-likeness (QED) is 0.531. The smallest absolute Gasteiger partial charge is 1.00 e. The zero-order valence-corrected chi connectivity index (χ0v) is 22.0. The number of halogens is 2. The van der Waals surface area contributed by atoms with Gasteiger partial charge in [-0.3, -0.25) is 0 Å². The molecule has 142 valence electrons. The third-order valence-corrected chi connectivity index (χ3v) is 16.5. The summed E-state index contributed by atoms with van der Waals surface area (Å²) in [5, 5.41) is 0. The fourth-order valence-electron chi connectivity index (χ4n) is 4.40. The second-order valence-corrected chi connectivity index (χ2v) is 24.2. The number of rotatable bonds is 3. The first-order chi connectivity index (χ1) is 11.3. The third-order valence-electron chi connectivity index (χ3n) is 5.70. The second-order valence-electron chi connectivity index (χ2n) is 9.07. The van der Waals surface area contributed by atoms with E-state index in [0.717, 1.165) is 15.5 Å². The summed E-state index contributed by atoms with van der Waals surface area (Å²) in [5.74, 6) is 1.98. The van der Waals surface area contributed by atoms with Crippen LogP contribution in [0.5, 0.6) is 0 Å². The molecule has 0 bridgehead atoms. The first-order valence-electron chi connectivity index (χ1n) is 9.52. The van der Waals surface area contributed by atoms with Crippen molar-refractivity contribution < 1.29 is 47.2 Å². The molecular formula is C22H32Cl2SiZr. The molecule has 0 aliphatic heterocycles. The molecule has 0 radical (unpaired) electrons. The van der Waals surface area contributed by atoms with Crippen molar-refractivity contribution in [2.45, 2.75) is 62.2 Å². The molecule has 1 saturated carbocycles. The molecule has 0 spiro atoms. The summed E-state index contributed by atoms with van der Waals surface area (Å²) in [5.41, 5.74) is 5.05. The maximum atomic E-state index is 2.58. The number of allylic oxidation sites excluding steroid dienone is 4. The van der Waals surface area contributed by atoms with Crippen LogP contribution in [0, 0.1) is 11.8 Å². The van der Waals surface area contributed by atoms with Crippen LogP contribution < -0.4 is 24.8 Å². The third kappa shape index (κ3) is 5.25. The van der Waals surface area contributed by atoms with Gasteiger partial charge in [0.05, 0.1) is 0 Å². The van der Waals surface area contributed by atoms with Crippen molar-refractivity contribution in [2.24, 2.45) is 11.8 Å². The summed E-state index contributed by atoms with van der Waals surface area (Å²) in [6.07, 6.45) is 8.73. The molecule has 26 heavy (non-hydrogen) atoms. The van der Waals surface area contributed by atoms with Gasteiger partial charge in [-0.15, -0.1) is 0 Å². The second kappa shape index (κ2) is 9.73. The molecule has 4 atom stereocenters. The predicted molar refractivity (Wildman–Crippen MR) is 105 cm³/mol. The van der Waals surface area contributed by atoms with Crippen LogP contribution in [-0.2, 0) is 27.8 Å². The van der Waals surface area contributed by atoms with Crippen LogP contribution in [0.15, 0.2) is 48.1 Å². The molecule has 0 heterocycles. The summed E-state index contributed by atoms with van der Waals surface area (Å²) >= 11 is -0.186. The van der Waals surface area contributed by atoms with Gasteiger partial charge in [-0.2, -0.15) is 0 Å². The van der Waals surface area contributed by atoms with Crippen molar-refractivity contribution in [3.63, 3.8) is 0 Å². The van der Waals surface area contributed by atoms with E-state index in [4.69, 9.17) is 0 Å². The van der Waals surface area contributed by atoms with E-state index in [9.17, 15) is 0 Å². The molecule has 0 N–H and O–H groups in total. The van der Waals surface area contributed by atoms with E-state index in [1.54, 1.807) is 0 Å². The summed E-state index contributed by atoms with van der Waals surface area (Å²) in [6, 6.07) is 9.50. The molecule has 0 saturated heterocycles. The van der Waals surface area contributed by atoms with Gasteiger partial charge in [0.2, 0.25) is 0 Å². The van der Waals surface area contributed by atoms with Crippen molar-refractivity contribution in [3.05, 3.63) is 59.2 Å². The Labute approximate surface area is 185 Å². The normalized spacial score (nSPS) is 27.1. The molecular weight excluding hydrogens is 454 g/mol. The molecule has 3 rings (SSSR count). The molecule has 1 aromatic rings. The van der Waals surface area contributed by atoms with Gasteiger partial charge in [0.1, 0.15) is 0 Å². The van der Waals surface area contributed by atoms with Crippen LogP contribution in [0.1, 0.15) is 51.2 Å². The molecule has 4 unspecified atom stereocenters. The van der Waals surface area contributed by atoms with E-state index in [2.05, 4.69) is 83.3 Å². The van der Waals surface area contributed by atoms with Gasteiger partial charge in [0.15, 0.2) is 0 Å². The Balaban J connectivity index is 0.00000169. The summed E-state index contributed by atoms with van der Waals surface area (Å²) in [6.45, 7) is 14.6. The van der Waals surface area contributed by atoms with E-state index in [1.807, 2.05) is 5.57 Å². The molecule has 0 nitrogen and oxygen atoms in total. The zero-order valence-electron chi connectivity index (χ0n) is 16.9. The Bertz CT molecular complexity index is 643. The van der Waals surface area contributed by atoms with Crippen LogP contribution in [0.3, 0.4) is 0 Å². The minimum Gasteiger partial charge on any atom is -1.00 e. The Hall–Kier alpha value is 0.380. The van der Waals surface area contributed by atoms with Gasteiger partial charge in [0.25, 0.3) is 0 Å². The Kier molecular flexibility index (Phi) is 9.14. The van der Waals surface area contributed by atoms with E-state index < -0.39 is 0 Å². The zero-order chi connectivity index (χ0) is 17.5. The number of fused-ring (bicyclic) bond motifs is 1. The van der Waals surface area contributed by atoms with Crippen molar-refractivity contribution in [2.75, 3.05) is 0 Å². The monoisotopic (exact) mass is 484 g/mol.